The molecule has 0 aliphatic heterocycles. The molecule has 1 unspecified atom stereocenters. The summed E-state index contributed by atoms with van der Waals surface area (Å²) < 4.78 is 1.13. The van der Waals surface area contributed by atoms with Gasteiger partial charge in [0.15, 0.2) is 0 Å². The molecule has 19 heavy (non-hydrogen) atoms. The minimum atomic E-state index is 0.176. The lowest BCUT2D eigenvalue weighted by molar-refractivity contribution is 0.706. The van der Waals surface area contributed by atoms with E-state index in [1.54, 1.807) is 11.3 Å². The Kier molecular flexibility index (Phi) is 3.64. The lowest BCUT2D eigenvalue weighted by Crippen LogP contribution is -2.17. The summed E-state index contributed by atoms with van der Waals surface area (Å²) in [5.41, 5.74) is 1.22. The number of thiophene rings is 1. The molecule has 0 amide bonds. The van der Waals surface area contributed by atoms with E-state index in [1.807, 2.05) is 25.5 Å². The Morgan fingerprint density at radius 1 is 1.26 bits per heavy atom. The zero-order valence-corrected chi connectivity index (χ0v) is 12.8. The van der Waals surface area contributed by atoms with Crippen molar-refractivity contribution in [3.05, 3.63) is 63.0 Å². The van der Waals surface area contributed by atoms with Crippen molar-refractivity contribution in [1.82, 2.24) is 10.3 Å². The maximum atomic E-state index is 4.37. The van der Waals surface area contributed by atoms with E-state index in [0.717, 1.165) is 4.47 Å². The van der Waals surface area contributed by atoms with E-state index in [0.29, 0.717) is 0 Å². The number of pyridine rings is 1. The predicted molar refractivity (Wildman–Crippen MR) is 84.7 cm³/mol. The third-order valence-corrected chi connectivity index (χ3v) is 4.93. The second kappa shape index (κ2) is 5.41. The molecular formula is C15H13BrN2S. The fourth-order valence-electron chi connectivity index (χ4n) is 2.30. The van der Waals surface area contributed by atoms with Gasteiger partial charge in [0.05, 0.1) is 6.04 Å². The van der Waals surface area contributed by atoms with Gasteiger partial charge in [0.2, 0.25) is 0 Å². The van der Waals surface area contributed by atoms with Crippen molar-refractivity contribution in [3.8, 4) is 0 Å². The van der Waals surface area contributed by atoms with Crippen LogP contribution in [0.5, 0.6) is 0 Å². The van der Waals surface area contributed by atoms with E-state index >= 15 is 0 Å². The first-order chi connectivity index (χ1) is 9.29. The highest BCUT2D eigenvalue weighted by Crippen LogP contribution is 2.32. The summed E-state index contributed by atoms with van der Waals surface area (Å²) in [6.07, 6.45) is 3.87. The summed E-state index contributed by atoms with van der Waals surface area (Å²) in [7, 11) is 1.99. The molecule has 4 heteroatoms. The Balaban J connectivity index is 2.16. The van der Waals surface area contributed by atoms with Crippen LogP contribution >= 0.6 is 27.3 Å². The summed E-state index contributed by atoms with van der Waals surface area (Å²) in [6, 6.07) is 10.7. The van der Waals surface area contributed by atoms with Gasteiger partial charge in [-0.2, -0.15) is 0 Å². The Hall–Kier alpha value is -1.23. The average molecular weight is 333 g/mol. The van der Waals surface area contributed by atoms with Crippen LogP contribution in [0.3, 0.4) is 0 Å². The van der Waals surface area contributed by atoms with E-state index in [1.165, 1.54) is 21.2 Å². The Labute approximate surface area is 124 Å². The molecule has 0 aliphatic rings. The van der Waals surface area contributed by atoms with Crippen molar-refractivity contribution in [2.45, 2.75) is 6.04 Å². The van der Waals surface area contributed by atoms with Gasteiger partial charge in [0.25, 0.3) is 0 Å². The molecule has 1 N–H and O–H groups in total. The average Bonchev–Trinajstić information content (AvgIpc) is 2.86. The number of halogens is 1. The smallest absolute Gasteiger partial charge is 0.0690 e. The van der Waals surface area contributed by atoms with Gasteiger partial charge in [0.1, 0.15) is 0 Å². The van der Waals surface area contributed by atoms with Gasteiger partial charge >= 0.3 is 0 Å². The van der Waals surface area contributed by atoms with Crippen LogP contribution in [0.1, 0.15) is 16.5 Å². The molecule has 96 valence electrons. The third-order valence-electron chi connectivity index (χ3n) is 3.17. The minimum absolute atomic E-state index is 0.176. The van der Waals surface area contributed by atoms with Gasteiger partial charge in [-0.25, -0.2) is 0 Å². The highest BCUT2D eigenvalue weighted by Gasteiger charge is 2.16. The van der Waals surface area contributed by atoms with Gasteiger partial charge in [0, 0.05) is 38.1 Å². The maximum absolute atomic E-state index is 4.37. The molecule has 0 radical (unpaired) electrons. The molecule has 3 aromatic rings. The molecular weight excluding hydrogens is 320 g/mol. The molecule has 1 atom stereocenters. The molecule has 2 aromatic heterocycles. The zero-order chi connectivity index (χ0) is 13.2. The van der Waals surface area contributed by atoms with E-state index in [2.05, 4.69) is 55.9 Å². The monoisotopic (exact) mass is 332 g/mol. The minimum Gasteiger partial charge on any atom is -0.309 e. The number of rotatable bonds is 3. The van der Waals surface area contributed by atoms with Crippen LogP contribution in [0.4, 0.5) is 0 Å². The SMILES string of the molecule is CNC(c1cc(Br)cs1)c1cncc2ccccc12. The van der Waals surface area contributed by atoms with Crippen LogP contribution in [0.15, 0.2) is 52.6 Å². The Morgan fingerprint density at radius 2 is 2.11 bits per heavy atom. The fraction of sp³-hybridized carbons (Fsp3) is 0.133. The number of nitrogens with one attached hydrogen (secondary N) is 1. The van der Waals surface area contributed by atoms with Crippen LogP contribution in [0.2, 0.25) is 0 Å². The van der Waals surface area contributed by atoms with Crippen molar-refractivity contribution >= 4 is 38.0 Å². The number of fused-ring (bicyclic) bond motifs is 1. The molecule has 0 spiro atoms. The number of hydrogen-bond donors (Lipinski definition) is 1. The lowest BCUT2D eigenvalue weighted by Gasteiger charge is -2.16. The van der Waals surface area contributed by atoms with Gasteiger partial charge in [-0.15, -0.1) is 11.3 Å². The molecule has 0 bridgehead atoms. The number of nitrogens with zero attached hydrogens (tertiary/aromatic N) is 1. The molecule has 2 nitrogen and oxygen atoms in total. The van der Waals surface area contributed by atoms with Crippen molar-refractivity contribution in [3.63, 3.8) is 0 Å². The van der Waals surface area contributed by atoms with Crippen molar-refractivity contribution in [2.24, 2.45) is 0 Å². The third kappa shape index (κ3) is 2.43. The highest BCUT2D eigenvalue weighted by molar-refractivity contribution is 9.10. The molecule has 0 fully saturated rings. The van der Waals surface area contributed by atoms with Gasteiger partial charge < -0.3 is 5.32 Å². The zero-order valence-electron chi connectivity index (χ0n) is 10.4. The van der Waals surface area contributed by atoms with Gasteiger partial charge in [-0.1, -0.05) is 24.3 Å². The number of hydrogen-bond acceptors (Lipinski definition) is 3. The van der Waals surface area contributed by atoms with E-state index in [-0.39, 0.29) is 6.04 Å². The summed E-state index contributed by atoms with van der Waals surface area (Å²) >= 11 is 5.27. The standard InChI is InChI=1S/C15H13BrN2S/c1-17-15(14-6-11(16)9-19-14)13-8-18-7-10-4-2-3-5-12(10)13/h2-9,15,17H,1H3. The fourth-order valence-corrected chi connectivity index (χ4v) is 3.87. The van der Waals surface area contributed by atoms with Crippen LogP contribution in [-0.4, -0.2) is 12.0 Å². The van der Waals surface area contributed by atoms with Crippen LogP contribution < -0.4 is 5.32 Å². The van der Waals surface area contributed by atoms with Gasteiger partial charge in [-0.05, 0) is 34.4 Å². The molecule has 3 rings (SSSR count). The predicted octanol–water partition coefficient (Wildman–Crippen LogP) is 4.37. The highest BCUT2D eigenvalue weighted by atomic mass is 79.9. The number of benzene rings is 1. The first-order valence-electron chi connectivity index (χ1n) is 6.03. The first kappa shape index (κ1) is 12.8. The first-order valence-corrected chi connectivity index (χ1v) is 7.70. The van der Waals surface area contributed by atoms with Crippen LogP contribution in [-0.2, 0) is 0 Å². The Bertz CT molecular complexity index is 703. The topological polar surface area (TPSA) is 24.9 Å². The molecule has 0 aliphatic carbocycles. The molecule has 0 saturated heterocycles. The van der Waals surface area contributed by atoms with E-state index < -0.39 is 0 Å². The van der Waals surface area contributed by atoms with Crippen molar-refractivity contribution in [2.75, 3.05) is 7.05 Å². The van der Waals surface area contributed by atoms with Crippen LogP contribution in [0, 0.1) is 0 Å². The quantitative estimate of drug-likeness (QED) is 0.770. The van der Waals surface area contributed by atoms with Crippen LogP contribution in [0.25, 0.3) is 10.8 Å². The summed E-state index contributed by atoms with van der Waals surface area (Å²) in [5, 5.41) is 7.93. The van der Waals surface area contributed by atoms with E-state index in [9.17, 15) is 0 Å². The second-order valence-electron chi connectivity index (χ2n) is 4.34. The largest absolute Gasteiger partial charge is 0.309 e. The summed E-state index contributed by atoms with van der Waals surface area (Å²) in [6.45, 7) is 0. The number of aromatic nitrogens is 1. The van der Waals surface area contributed by atoms with Crippen molar-refractivity contribution < 1.29 is 0 Å². The summed E-state index contributed by atoms with van der Waals surface area (Å²) in [5.74, 6) is 0. The summed E-state index contributed by atoms with van der Waals surface area (Å²) in [4.78, 5) is 5.65. The molecule has 2 heterocycles. The maximum Gasteiger partial charge on any atom is 0.0690 e. The second-order valence-corrected chi connectivity index (χ2v) is 6.20. The Morgan fingerprint density at radius 3 is 2.84 bits per heavy atom. The van der Waals surface area contributed by atoms with Gasteiger partial charge in [-0.3, -0.25) is 4.98 Å². The lowest BCUT2D eigenvalue weighted by atomic mass is 10.0. The normalized spacial score (nSPS) is 12.7. The molecule has 1 aromatic carbocycles. The van der Waals surface area contributed by atoms with Crippen molar-refractivity contribution in [1.29, 1.82) is 0 Å². The van der Waals surface area contributed by atoms with E-state index in [4.69, 9.17) is 0 Å². The molecule has 0 saturated carbocycles.